The Morgan fingerprint density at radius 1 is 1.16 bits per heavy atom. The van der Waals surface area contributed by atoms with E-state index in [-0.39, 0.29) is 0 Å². The molecule has 1 saturated carbocycles. The molecule has 2 aromatic rings. The van der Waals surface area contributed by atoms with Crippen molar-refractivity contribution in [1.82, 2.24) is 0 Å². The summed E-state index contributed by atoms with van der Waals surface area (Å²) < 4.78 is 0. The van der Waals surface area contributed by atoms with Crippen molar-refractivity contribution >= 4 is 5.69 Å². The van der Waals surface area contributed by atoms with Gasteiger partial charge in [-0.2, -0.15) is 0 Å². The Morgan fingerprint density at radius 2 is 1.95 bits per heavy atom. The highest BCUT2D eigenvalue weighted by atomic mass is 16.3. The van der Waals surface area contributed by atoms with Crippen molar-refractivity contribution in [3.05, 3.63) is 59.2 Å². The summed E-state index contributed by atoms with van der Waals surface area (Å²) in [4.78, 5) is 0. The number of anilines is 1. The zero-order valence-corrected chi connectivity index (χ0v) is 11.2. The standard InChI is InChI=1S/C17H19NO/c1-12-10-15(19)8-9-17(12)18-11-14-4-2-3-5-16(14)13-6-7-13/h2-5,8-10,13,18-19H,6-7,11H2,1H3. The van der Waals surface area contributed by atoms with E-state index in [9.17, 15) is 5.11 Å². The number of hydrogen-bond acceptors (Lipinski definition) is 2. The Hall–Kier alpha value is -1.96. The Morgan fingerprint density at radius 3 is 2.68 bits per heavy atom. The Balaban J connectivity index is 1.75. The summed E-state index contributed by atoms with van der Waals surface area (Å²) in [6.45, 7) is 2.85. The van der Waals surface area contributed by atoms with Gasteiger partial charge < -0.3 is 10.4 Å². The highest BCUT2D eigenvalue weighted by Gasteiger charge is 2.25. The SMILES string of the molecule is Cc1cc(O)ccc1NCc1ccccc1C1CC1. The van der Waals surface area contributed by atoms with Crippen molar-refractivity contribution < 1.29 is 5.11 Å². The van der Waals surface area contributed by atoms with E-state index >= 15 is 0 Å². The van der Waals surface area contributed by atoms with Crippen LogP contribution in [-0.4, -0.2) is 5.11 Å². The van der Waals surface area contributed by atoms with Gasteiger partial charge in [0.1, 0.15) is 5.75 Å². The van der Waals surface area contributed by atoms with E-state index in [4.69, 9.17) is 0 Å². The molecule has 0 radical (unpaired) electrons. The number of aromatic hydroxyl groups is 1. The lowest BCUT2D eigenvalue weighted by atomic mass is 10.0. The topological polar surface area (TPSA) is 32.3 Å². The first kappa shape index (κ1) is 12.1. The molecule has 2 aromatic carbocycles. The van der Waals surface area contributed by atoms with E-state index in [0.29, 0.717) is 5.75 Å². The van der Waals surface area contributed by atoms with Crippen molar-refractivity contribution in [2.45, 2.75) is 32.2 Å². The summed E-state index contributed by atoms with van der Waals surface area (Å²) in [6.07, 6.45) is 2.66. The average molecular weight is 253 g/mol. The van der Waals surface area contributed by atoms with E-state index in [1.54, 1.807) is 12.1 Å². The van der Waals surface area contributed by atoms with E-state index in [2.05, 4.69) is 29.6 Å². The lowest BCUT2D eigenvalue weighted by Gasteiger charge is -2.13. The van der Waals surface area contributed by atoms with Crippen LogP contribution in [0.25, 0.3) is 0 Å². The quantitative estimate of drug-likeness (QED) is 0.801. The molecule has 98 valence electrons. The highest BCUT2D eigenvalue weighted by molar-refractivity contribution is 5.54. The minimum absolute atomic E-state index is 0.321. The van der Waals surface area contributed by atoms with Gasteiger partial charge in [0, 0.05) is 12.2 Å². The number of hydrogen-bond donors (Lipinski definition) is 2. The highest BCUT2D eigenvalue weighted by Crippen LogP contribution is 2.41. The van der Waals surface area contributed by atoms with Crippen LogP contribution in [0.1, 0.15) is 35.4 Å². The molecule has 0 spiro atoms. The van der Waals surface area contributed by atoms with Crippen LogP contribution in [0.2, 0.25) is 0 Å². The predicted octanol–water partition coefficient (Wildman–Crippen LogP) is 4.19. The summed E-state index contributed by atoms with van der Waals surface area (Å²) in [5.41, 5.74) is 5.04. The second-order valence-corrected chi connectivity index (χ2v) is 5.33. The monoisotopic (exact) mass is 253 g/mol. The van der Waals surface area contributed by atoms with Crippen LogP contribution in [0.4, 0.5) is 5.69 Å². The molecule has 0 unspecified atom stereocenters. The predicted molar refractivity (Wildman–Crippen MR) is 78.6 cm³/mol. The molecule has 2 N–H and O–H groups in total. The minimum Gasteiger partial charge on any atom is -0.508 e. The van der Waals surface area contributed by atoms with Crippen LogP contribution in [0, 0.1) is 6.92 Å². The van der Waals surface area contributed by atoms with Crippen molar-refractivity contribution in [2.24, 2.45) is 0 Å². The fraction of sp³-hybridized carbons (Fsp3) is 0.294. The normalized spacial score (nSPS) is 14.4. The van der Waals surface area contributed by atoms with Crippen LogP contribution in [0.5, 0.6) is 5.75 Å². The lowest BCUT2D eigenvalue weighted by molar-refractivity contribution is 0.475. The second-order valence-electron chi connectivity index (χ2n) is 5.33. The van der Waals surface area contributed by atoms with Gasteiger partial charge in [-0.1, -0.05) is 24.3 Å². The number of benzene rings is 2. The van der Waals surface area contributed by atoms with Gasteiger partial charge >= 0.3 is 0 Å². The van der Waals surface area contributed by atoms with E-state index < -0.39 is 0 Å². The summed E-state index contributed by atoms with van der Waals surface area (Å²) in [7, 11) is 0. The first-order valence-corrected chi connectivity index (χ1v) is 6.85. The lowest BCUT2D eigenvalue weighted by Crippen LogP contribution is -2.03. The summed E-state index contributed by atoms with van der Waals surface area (Å²) in [6, 6.07) is 14.1. The minimum atomic E-state index is 0.321. The molecule has 0 heterocycles. The Bertz CT molecular complexity index is 588. The zero-order valence-electron chi connectivity index (χ0n) is 11.2. The fourth-order valence-corrected chi connectivity index (χ4v) is 2.52. The Kier molecular flexibility index (Phi) is 3.16. The number of nitrogens with one attached hydrogen (secondary N) is 1. The number of rotatable bonds is 4. The van der Waals surface area contributed by atoms with Gasteiger partial charge in [0.25, 0.3) is 0 Å². The molecule has 0 aromatic heterocycles. The molecule has 0 atom stereocenters. The van der Waals surface area contributed by atoms with Crippen LogP contribution in [0.15, 0.2) is 42.5 Å². The van der Waals surface area contributed by atoms with Crippen LogP contribution in [-0.2, 0) is 6.54 Å². The number of aryl methyl sites for hydroxylation is 1. The van der Waals surface area contributed by atoms with Gasteiger partial charge in [-0.15, -0.1) is 0 Å². The molecule has 2 nitrogen and oxygen atoms in total. The number of phenols is 1. The van der Waals surface area contributed by atoms with Gasteiger partial charge in [-0.3, -0.25) is 0 Å². The molecule has 19 heavy (non-hydrogen) atoms. The van der Waals surface area contributed by atoms with Crippen LogP contribution < -0.4 is 5.32 Å². The molecule has 0 saturated heterocycles. The Labute approximate surface area is 114 Å². The van der Waals surface area contributed by atoms with Crippen molar-refractivity contribution in [3.8, 4) is 5.75 Å². The van der Waals surface area contributed by atoms with Crippen LogP contribution in [0.3, 0.4) is 0 Å². The molecule has 1 aliphatic rings. The smallest absolute Gasteiger partial charge is 0.115 e. The van der Waals surface area contributed by atoms with Gasteiger partial charge in [0.2, 0.25) is 0 Å². The van der Waals surface area contributed by atoms with Gasteiger partial charge in [-0.05, 0) is 60.6 Å². The molecule has 1 fully saturated rings. The maximum Gasteiger partial charge on any atom is 0.115 e. The van der Waals surface area contributed by atoms with E-state index in [1.807, 2.05) is 13.0 Å². The molecule has 0 amide bonds. The number of phenolic OH excluding ortho intramolecular Hbond substituents is 1. The fourth-order valence-electron chi connectivity index (χ4n) is 2.52. The molecular weight excluding hydrogens is 234 g/mol. The maximum absolute atomic E-state index is 9.42. The molecule has 0 aliphatic heterocycles. The summed E-state index contributed by atoms with van der Waals surface area (Å²) in [5, 5.41) is 12.9. The van der Waals surface area contributed by atoms with Gasteiger partial charge in [0.05, 0.1) is 0 Å². The third-order valence-corrected chi connectivity index (χ3v) is 3.75. The second kappa shape index (κ2) is 4.96. The third-order valence-electron chi connectivity index (χ3n) is 3.75. The van der Waals surface area contributed by atoms with Gasteiger partial charge in [0.15, 0.2) is 0 Å². The average Bonchev–Trinajstić information content (AvgIpc) is 3.22. The zero-order chi connectivity index (χ0) is 13.2. The molecule has 3 rings (SSSR count). The van der Waals surface area contributed by atoms with E-state index in [1.165, 1.54) is 24.0 Å². The largest absolute Gasteiger partial charge is 0.508 e. The molecular formula is C17H19NO. The van der Waals surface area contributed by atoms with Gasteiger partial charge in [-0.25, -0.2) is 0 Å². The first-order chi connectivity index (χ1) is 9.24. The summed E-state index contributed by atoms with van der Waals surface area (Å²) in [5.74, 6) is 1.10. The van der Waals surface area contributed by atoms with Crippen molar-refractivity contribution in [2.75, 3.05) is 5.32 Å². The van der Waals surface area contributed by atoms with E-state index in [0.717, 1.165) is 23.7 Å². The maximum atomic E-state index is 9.42. The molecule has 2 heteroatoms. The van der Waals surface area contributed by atoms with Crippen molar-refractivity contribution in [1.29, 1.82) is 0 Å². The third kappa shape index (κ3) is 2.73. The first-order valence-electron chi connectivity index (χ1n) is 6.85. The summed E-state index contributed by atoms with van der Waals surface area (Å²) >= 11 is 0. The van der Waals surface area contributed by atoms with Crippen molar-refractivity contribution in [3.63, 3.8) is 0 Å². The molecule has 0 bridgehead atoms. The van der Waals surface area contributed by atoms with Crippen LogP contribution >= 0.6 is 0 Å². The molecule has 1 aliphatic carbocycles.